The normalized spacial score (nSPS) is 27.4. The minimum Gasteiger partial charge on any atom is -0.469 e. The summed E-state index contributed by atoms with van der Waals surface area (Å²) in [6, 6.07) is 1.89. The van der Waals surface area contributed by atoms with Crippen LogP contribution in [0.1, 0.15) is 39.3 Å². The molecule has 2 aliphatic heterocycles. The molecule has 4 rings (SSSR count). The Kier molecular flexibility index (Phi) is 5.92. The van der Waals surface area contributed by atoms with Crippen LogP contribution in [-0.4, -0.2) is 64.8 Å². The number of nitrogens with two attached hydrogens (primary N) is 1. The van der Waals surface area contributed by atoms with Gasteiger partial charge in [-0.1, -0.05) is 0 Å². The first-order valence-electron chi connectivity index (χ1n) is 10.3. The van der Waals surface area contributed by atoms with Crippen molar-refractivity contribution in [1.82, 2.24) is 19.9 Å². The fourth-order valence-electron chi connectivity index (χ4n) is 4.11. The first-order chi connectivity index (χ1) is 14.4. The summed E-state index contributed by atoms with van der Waals surface area (Å²) in [6.07, 6.45) is 4.40. The number of rotatable bonds is 8. The molecule has 2 aliphatic rings. The standard InChI is InChI=1S/C20H29N5O5/c1-20(2)29-15-13(10-22-8-5-4-6-14(26)27-3)28-19(16(15)30-20)25-9-7-12-17(21)23-11-24-18(12)25/h7,9,11,13,15-16,19,22H,4-6,8,10H2,1-3H3,(H2,21,23,24)/t13-,15-,16-,19-/m1/s1. The van der Waals surface area contributed by atoms with E-state index >= 15 is 0 Å². The predicted molar refractivity (Wildman–Crippen MR) is 108 cm³/mol. The van der Waals surface area contributed by atoms with Gasteiger partial charge in [-0.15, -0.1) is 0 Å². The van der Waals surface area contributed by atoms with E-state index in [4.69, 9.17) is 19.9 Å². The highest BCUT2D eigenvalue weighted by Gasteiger charge is 2.55. The van der Waals surface area contributed by atoms with Crippen LogP contribution >= 0.6 is 0 Å². The third kappa shape index (κ3) is 4.13. The van der Waals surface area contributed by atoms with E-state index < -0.39 is 5.79 Å². The second-order valence-electron chi connectivity index (χ2n) is 8.09. The van der Waals surface area contributed by atoms with Gasteiger partial charge in [0.05, 0.1) is 12.5 Å². The van der Waals surface area contributed by atoms with Crippen molar-refractivity contribution in [3.63, 3.8) is 0 Å². The Morgan fingerprint density at radius 2 is 2.10 bits per heavy atom. The molecule has 0 bridgehead atoms. The summed E-state index contributed by atoms with van der Waals surface area (Å²) < 4.78 is 25.3. The van der Waals surface area contributed by atoms with Crippen LogP contribution in [0.15, 0.2) is 18.6 Å². The van der Waals surface area contributed by atoms with E-state index in [0.717, 1.165) is 24.8 Å². The monoisotopic (exact) mass is 419 g/mol. The average Bonchev–Trinajstić information content (AvgIpc) is 3.36. The molecule has 2 aromatic heterocycles. The molecule has 30 heavy (non-hydrogen) atoms. The molecule has 3 N–H and O–H groups in total. The van der Waals surface area contributed by atoms with Crippen molar-refractivity contribution >= 4 is 22.8 Å². The number of ether oxygens (including phenoxy) is 4. The molecule has 2 saturated heterocycles. The fraction of sp³-hybridized carbons (Fsp3) is 0.650. The van der Waals surface area contributed by atoms with Crippen LogP contribution in [0, 0.1) is 0 Å². The maximum Gasteiger partial charge on any atom is 0.305 e. The van der Waals surface area contributed by atoms with Crippen molar-refractivity contribution in [3.8, 4) is 0 Å². The number of anilines is 1. The van der Waals surface area contributed by atoms with Gasteiger partial charge in [-0.05, 0) is 39.3 Å². The molecular weight excluding hydrogens is 390 g/mol. The highest BCUT2D eigenvalue weighted by molar-refractivity contribution is 5.86. The van der Waals surface area contributed by atoms with Crippen LogP contribution in [0.5, 0.6) is 0 Å². The molecular formula is C20H29N5O5. The van der Waals surface area contributed by atoms with Crippen molar-refractivity contribution in [2.24, 2.45) is 0 Å². The van der Waals surface area contributed by atoms with E-state index in [-0.39, 0.29) is 30.5 Å². The topological polar surface area (TPSA) is 123 Å². The summed E-state index contributed by atoms with van der Waals surface area (Å²) in [5.41, 5.74) is 6.68. The Morgan fingerprint density at radius 3 is 2.90 bits per heavy atom. The second-order valence-corrected chi connectivity index (χ2v) is 8.09. The molecule has 0 radical (unpaired) electrons. The number of nitrogens with one attached hydrogen (secondary N) is 1. The van der Waals surface area contributed by atoms with Crippen LogP contribution in [-0.2, 0) is 23.7 Å². The minimum absolute atomic E-state index is 0.179. The van der Waals surface area contributed by atoms with E-state index in [9.17, 15) is 4.79 Å². The summed E-state index contributed by atoms with van der Waals surface area (Å²) in [5, 5.41) is 4.18. The molecule has 2 fully saturated rings. The summed E-state index contributed by atoms with van der Waals surface area (Å²) in [6.45, 7) is 5.21. The first-order valence-corrected chi connectivity index (χ1v) is 10.3. The number of fused-ring (bicyclic) bond motifs is 2. The summed E-state index contributed by atoms with van der Waals surface area (Å²) in [5.74, 6) is -0.433. The molecule has 10 heteroatoms. The third-order valence-electron chi connectivity index (χ3n) is 5.50. The maximum absolute atomic E-state index is 11.2. The van der Waals surface area contributed by atoms with Crippen LogP contribution in [0.2, 0.25) is 0 Å². The maximum atomic E-state index is 11.2. The number of nitrogen functional groups attached to an aromatic ring is 1. The zero-order valence-electron chi connectivity index (χ0n) is 17.5. The number of methoxy groups -OCH3 is 1. The van der Waals surface area contributed by atoms with Gasteiger partial charge in [0.25, 0.3) is 0 Å². The number of hydrogen-bond donors (Lipinski definition) is 2. The quantitative estimate of drug-likeness (QED) is 0.482. The van der Waals surface area contributed by atoms with Crippen molar-refractivity contribution in [2.75, 3.05) is 25.9 Å². The third-order valence-corrected chi connectivity index (χ3v) is 5.50. The van der Waals surface area contributed by atoms with Gasteiger partial charge in [0.2, 0.25) is 0 Å². The summed E-state index contributed by atoms with van der Waals surface area (Å²) in [4.78, 5) is 19.6. The van der Waals surface area contributed by atoms with Gasteiger partial charge in [0, 0.05) is 19.2 Å². The van der Waals surface area contributed by atoms with Crippen molar-refractivity contribution in [3.05, 3.63) is 18.6 Å². The number of carbonyl (C=O) groups is 1. The molecule has 0 unspecified atom stereocenters. The van der Waals surface area contributed by atoms with Gasteiger partial charge in [0.15, 0.2) is 12.0 Å². The molecule has 164 valence electrons. The molecule has 0 amide bonds. The summed E-state index contributed by atoms with van der Waals surface area (Å²) >= 11 is 0. The SMILES string of the molecule is COC(=O)CCCCNC[C@H]1O[C@@H](n2ccc3c(N)ncnc32)[C@@H]2OC(C)(C)O[C@@H]21. The zero-order chi connectivity index (χ0) is 21.3. The highest BCUT2D eigenvalue weighted by atomic mass is 16.8. The lowest BCUT2D eigenvalue weighted by Crippen LogP contribution is -2.37. The Balaban J connectivity index is 1.42. The molecule has 10 nitrogen and oxygen atoms in total. The molecule has 0 aliphatic carbocycles. The van der Waals surface area contributed by atoms with E-state index in [2.05, 4.69) is 20.0 Å². The zero-order valence-corrected chi connectivity index (χ0v) is 17.5. The number of aromatic nitrogens is 3. The van der Waals surface area contributed by atoms with E-state index in [1.165, 1.54) is 13.4 Å². The average molecular weight is 419 g/mol. The summed E-state index contributed by atoms with van der Waals surface area (Å²) in [7, 11) is 1.41. The molecule has 2 aromatic rings. The first kappa shape index (κ1) is 21.0. The van der Waals surface area contributed by atoms with Crippen LogP contribution < -0.4 is 11.1 Å². The number of esters is 1. The van der Waals surface area contributed by atoms with E-state index in [0.29, 0.717) is 24.4 Å². The lowest BCUT2D eigenvalue weighted by molar-refractivity contribution is -0.195. The number of carbonyl (C=O) groups excluding carboxylic acids is 1. The molecule has 4 atom stereocenters. The Labute approximate surface area is 175 Å². The Bertz CT molecular complexity index is 901. The van der Waals surface area contributed by atoms with Gasteiger partial charge in [0.1, 0.15) is 36.1 Å². The molecule has 0 spiro atoms. The van der Waals surface area contributed by atoms with Crippen LogP contribution in [0.3, 0.4) is 0 Å². The smallest absolute Gasteiger partial charge is 0.305 e. The Morgan fingerprint density at radius 1 is 1.30 bits per heavy atom. The fourth-order valence-corrected chi connectivity index (χ4v) is 4.11. The van der Waals surface area contributed by atoms with Crippen molar-refractivity contribution in [1.29, 1.82) is 0 Å². The molecule has 0 aromatic carbocycles. The molecule has 4 heterocycles. The van der Waals surface area contributed by atoms with Gasteiger partial charge in [-0.3, -0.25) is 4.79 Å². The largest absolute Gasteiger partial charge is 0.469 e. The van der Waals surface area contributed by atoms with Gasteiger partial charge >= 0.3 is 5.97 Å². The van der Waals surface area contributed by atoms with Crippen LogP contribution in [0.4, 0.5) is 5.82 Å². The van der Waals surface area contributed by atoms with E-state index in [1.807, 2.05) is 30.7 Å². The lowest BCUT2D eigenvalue weighted by atomic mass is 10.1. The predicted octanol–water partition coefficient (Wildman–Crippen LogP) is 1.36. The van der Waals surface area contributed by atoms with Gasteiger partial charge < -0.3 is 34.6 Å². The highest BCUT2D eigenvalue weighted by Crippen LogP contribution is 2.43. The van der Waals surface area contributed by atoms with Crippen molar-refractivity contribution < 1.29 is 23.7 Å². The second kappa shape index (κ2) is 8.46. The molecule has 0 saturated carbocycles. The minimum atomic E-state index is -0.687. The van der Waals surface area contributed by atoms with E-state index in [1.54, 1.807) is 0 Å². The number of hydrogen-bond acceptors (Lipinski definition) is 9. The van der Waals surface area contributed by atoms with Gasteiger partial charge in [-0.25, -0.2) is 9.97 Å². The van der Waals surface area contributed by atoms with Gasteiger partial charge in [-0.2, -0.15) is 0 Å². The number of unbranched alkanes of at least 4 members (excludes halogenated alkanes) is 1. The lowest BCUT2D eigenvalue weighted by Gasteiger charge is -2.25. The number of nitrogens with zero attached hydrogens (tertiary/aromatic N) is 3. The van der Waals surface area contributed by atoms with Crippen molar-refractivity contribution in [2.45, 2.75) is 63.4 Å². The van der Waals surface area contributed by atoms with Crippen LogP contribution in [0.25, 0.3) is 11.0 Å². The Hall–Kier alpha value is -2.27.